The third kappa shape index (κ3) is 1.62. The van der Waals surface area contributed by atoms with E-state index >= 15 is 0 Å². The fourth-order valence-corrected chi connectivity index (χ4v) is 3.11. The lowest BCUT2D eigenvalue weighted by Gasteiger charge is -2.41. The van der Waals surface area contributed by atoms with E-state index in [4.69, 9.17) is 9.47 Å². The Morgan fingerprint density at radius 2 is 1.88 bits per heavy atom. The Morgan fingerprint density at radius 1 is 1.06 bits per heavy atom. The van der Waals surface area contributed by atoms with Gasteiger partial charge in [0, 0.05) is 6.42 Å². The van der Waals surface area contributed by atoms with Gasteiger partial charge in [-0.15, -0.1) is 0 Å². The minimum Gasteiger partial charge on any atom is -0.497 e. The molecular formula is C13H18O3. The maximum atomic E-state index is 11.9. The van der Waals surface area contributed by atoms with Crippen LogP contribution in [-0.4, -0.2) is 18.2 Å². The Kier molecular flexibility index (Phi) is 2.41. The van der Waals surface area contributed by atoms with Crippen molar-refractivity contribution in [1.29, 1.82) is 0 Å². The van der Waals surface area contributed by atoms with Gasteiger partial charge in [-0.3, -0.25) is 0 Å². The topological polar surface area (TPSA) is 35.5 Å². The lowest BCUT2D eigenvalue weighted by atomic mass is 9.79. The van der Waals surface area contributed by atoms with E-state index in [2.05, 4.69) is 0 Å². The summed E-state index contributed by atoms with van der Waals surface area (Å²) in [6, 6.07) is 0. The van der Waals surface area contributed by atoms with E-state index < -0.39 is 0 Å². The van der Waals surface area contributed by atoms with Crippen LogP contribution >= 0.6 is 0 Å². The fraction of sp³-hybridized carbons (Fsp3) is 0.769. The molecule has 88 valence electrons. The van der Waals surface area contributed by atoms with Gasteiger partial charge in [0.2, 0.25) is 0 Å². The Labute approximate surface area is 95.8 Å². The zero-order valence-corrected chi connectivity index (χ0v) is 9.59. The van der Waals surface area contributed by atoms with Gasteiger partial charge in [0.05, 0.1) is 12.2 Å². The molecule has 0 aromatic carbocycles. The quantitative estimate of drug-likeness (QED) is 0.591. The molecule has 3 heteroatoms. The van der Waals surface area contributed by atoms with E-state index in [0.29, 0.717) is 0 Å². The van der Waals surface area contributed by atoms with Gasteiger partial charge in [0.15, 0.2) is 0 Å². The average molecular weight is 222 g/mol. The number of rotatable bonds is 0. The highest BCUT2D eigenvalue weighted by molar-refractivity contribution is 5.90. The summed E-state index contributed by atoms with van der Waals surface area (Å²) in [4.78, 5) is 11.9. The van der Waals surface area contributed by atoms with Crippen LogP contribution in [0.5, 0.6) is 0 Å². The first kappa shape index (κ1) is 10.2. The predicted molar refractivity (Wildman–Crippen MR) is 58.7 cm³/mol. The molecule has 0 aromatic rings. The summed E-state index contributed by atoms with van der Waals surface area (Å²) in [5, 5.41) is 0. The van der Waals surface area contributed by atoms with Gasteiger partial charge in [-0.1, -0.05) is 6.42 Å². The normalized spacial score (nSPS) is 28.4. The van der Waals surface area contributed by atoms with Gasteiger partial charge in [0.25, 0.3) is 0 Å². The summed E-state index contributed by atoms with van der Waals surface area (Å²) in [7, 11) is 0. The van der Waals surface area contributed by atoms with Gasteiger partial charge in [-0.2, -0.15) is 0 Å². The van der Waals surface area contributed by atoms with Crippen molar-refractivity contribution in [3.05, 3.63) is 11.3 Å². The molecule has 3 nitrogen and oxygen atoms in total. The van der Waals surface area contributed by atoms with Gasteiger partial charge in [0.1, 0.15) is 11.4 Å². The molecule has 0 saturated heterocycles. The fourth-order valence-electron chi connectivity index (χ4n) is 3.11. The lowest BCUT2D eigenvalue weighted by Crippen LogP contribution is -2.42. The highest BCUT2D eigenvalue weighted by Crippen LogP contribution is 2.43. The summed E-state index contributed by atoms with van der Waals surface area (Å²) in [6.45, 7) is 0.766. The molecule has 1 aliphatic carbocycles. The molecule has 0 amide bonds. The number of carbonyl (C=O) groups is 1. The SMILES string of the molecule is O=C1OC2(CCCCC2)CC2=C1CCCO2. The molecule has 0 aromatic heterocycles. The van der Waals surface area contributed by atoms with E-state index in [0.717, 1.165) is 50.0 Å². The second-order valence-electron chi connectivity index (χ2n) is 5.16. The molecule has 0 bridgehead atoms. The van der Waals surface area contributed by atoms with E-state index in [-0.39, 0.29) is 11.6 Å². The van der Waals surface area contributed by atoms with Gasteiger partial charge < -0.3 is 9.47 Å². The first-order valence-corrected chi connectivity index (χ1v) is 6.37. The summed E-state index contributed by atoms with van der Waals surface area (Å²) in [5.41, 5.74) is 0.591. The molecule has 0 unspecified atom stereocenters. The molecule has 3 rings (SSSR count). The van der Waals surface area contributed by atoms with E-state index in [1.54, 1.807) is 0 Å². The van der Waals surface area contributed by atoms with Crippen molar-refractivity contribution in [3.8, 4) is 0 Å². The summed E-state index contributed by atoms with van der Waals surface area (Å²) in [6.07, 6.45) is 8.26. The van der Waals surface area contributed by atoms with Crippen LogP contribution in [0.3, 0.4) is 0 Å². The average Bonchev–Trinajstić information content (AvgIpc) is 2.30. The Morgan fingerprint density at radius 3 is 2.69 bits per heavy atom. The van der Waals surface area contributed by atoms with Crippen molar-refractivity contribution in [3.63, 3.8) is 0 Å². The van der Waals surface area contributed by atoms with Crippen LogP contribution in [0.1, 0.15) is 51.4 Å². The highest BCUT2D eigenvalue weighted by atomic mass is 16.6. The molecule has 1 spiro atoms. The van der Waals surface area contributed by atoms with Gasteiger partial charge in [-0.05, 0) is 38.5 Å². The van der Waals surface area contributed by atoms with Crippen LogP contribution in [-0.2, 0) is 14.3 Å². The maximum Gasteiger partial charge on any atom is 0.337 e. The van der Waals surface area contributed by atoms with Crippen LogP contribution in [0.2, 0.25) is 0 Å². The first-order valence-electron chi connectivity index (χ1n) is 6.37. The van der Waals surface area contributed by atoms with Crippen LogP contribution < -0.4 is 0 Å². The minimum atomic E-state index is -0.217. The zero-order chi connectivity index (χ0) is 11.0. The molecular weight excluding hydrogens is 204 g/mol. The highest BCUT2D eigenvalue weighted by Gasteiger charge is 2.43. The van der Waals surface area contributed by atoms with Crippen molar-refractivity contribution in [2.75, 3.05) is 6.61 Å². The zero-order valence-electron chi connectivity index (χ0n) is 9.59. The van der Waals surface area contributed by atoms with Crippen LogP contribution in [0.4, 0.5) is 0 Å². The van der Waals surface area contributed by atoms with Crippen molar-refractivity contribution < 1.29 is 14.3 Å². The lowest BCUT2D eigenvalue weighted by molar-refractivity contribution is -0.164. The largest absolute Gasteiger partial charge is 0.497 e. The van der Waals surface area contributed by atoms with Gasteiger partial charge >= 0.3 is 5.97 Å². The van der Waals surface area contributed by atoms with E-state index in [1.807, 2.05) is 0 Å². The number of hydrogen-bond acceptors (Lipinski definition) is 3. The smallest absolute Gasteiger partial charge is 0.337 e. The third-order valence-electron chi connectivity index (χ3n) is 3.99. The summed E-state index contributed by atoms with van der Waals surface area (Å²) in [5.74, 6) is 0.826. The molecule has 0 atom stereocenters. The molecule has 0 N–H and O–H groups in total. The van der Waals surface area contributed by atoms with Crippen molar-refractivity contribution in [2.24, 2.45) is 0 Å². The van der Waals surface area contributed by atoms with Crippen molar-refractivity contribution in [1.82, 2.24) is 0 Å². The van der Waals surface area contributed by atoms with E-state index in [9.17, 15) is 4.79 Å². The summed E-state index contributed by atoms with van der Waals surface area (Å²) >= 11 is 0. The molecule has 16 heavy (non-hydrogen) atoms. The Hall–Kier alpha value is -0.990. The van der Waals surface area contributed by atoms with Gasteiger partial charge in [-0.25, -0.2) is 4.79 Å². The number of carbonyl (C=O) groups excluding carboxylic acids is 1. The maximum absolute atomic E-state index is 11.9. The monoisotopic (exact) mass is 222 g/mol. The molecule has 3 aliphatic rings. The molecule has 1 fully saturated rings. The first-order chi connectivity index (χ1) is 7.79. The number of esters is 1. The minimum absolute atomic E-state index is 0.108. The van der Waals surface area contributed by atoms with E-state index in [1.165, 1.54) is 19.3 Å². The van der Waals surface area contributed by atoms with Crippen molar-refractivity contribution in [2.45, 2.75) is 57.0 Å². The Bertz CT molecular complexity index is 337. The molecule has 1 saturated carbocycles. The van der Waals surface area contributed by atoms with Crippen LogP contribution in [0, 0.1) is 0 Å². The number of ether oxygens (including phenoxy) is 2. The number of hydrogen-bond donors (Lipinski definition) is 0. The third-order valence-corrected chi connectivity index (χ3v) is 3.99. The Balaban J connectivity index is 1.87. The summed E-state index contributed by atoms with van der Waals surface area (Å²) < 4.78 is 11.4. The van der Waals surface area contributed by atoms with Crippen molar-refractivity contribution >= 4 is 5.97 Å². The second kappa shape index (κ2) is 3.79. The van der Waals surface area contributed by atoms with Crippen LogP contribution in [0.25, 0.3) is 0 Å². The predicted octanol–water partition coefficient (Wildman–Crippen LogP) is 2.70. The molecule has 0 radical (unpaired) electrons. The molecule has 2 aliphatic heterocycles. The van der Waals surface area contributed by atoms with Crippen LogP contribution in [0.15, 0.2) is 11.3 Å². The molecule has 2 heterocycles. The second-order valence-corrected chi connectivity index (χ2v) is 5.16. The standard InChI is InChI=1S/C13H18O3/c14-12-10-5-4-8-15-11(10)9-13(16-12)6-2-1-3-7-13/h1-9H2.